The van der Waals surface area contributed by atoms with Crippen LogP contribution in [0.15, 0.2) is 23.1 Å². The lowest BCUT2D eigenvalue weighted by molar-refractivity contribution is -0.387. The van der Waals surface area contributed by atoms with Crippen molar-refractivity contribution in [2.24, 2.45) is 5.92 Å². The summed E-state index contributed by atoms with van der Waals surface area (Å²) in [6.07, 6.45) is 5.05. The number of benzene rings is 1. The van der Waals surface area contributed by atoms with E-state index in [1.54, 1.807) is 12.1 Å². The lowest BCUT2D eigenvalue weighted by Gasteiger charge is -2.07. The number of nitro benzene ring substituents is 1. The molecule has 0 radical (unpaired) electrons. The molecule has 0 aliphatic heterocycles. The van der Waals surface area contributed by atoms with Gasteiger partial charge >= 0.3 is 0 Å². The Bertz CT molecular complexity index is 550. The third-order valence-corrected chi connectivity index (χ3v) is 3.83. The molecule has 0 bridgehead atoms. The van der Waals surface area contributed by atoms with E-state index in [2.05, 4.69) is 11.2 Å². The minimum atomic E-state index is -0.472. The maximum absolute atomic E-state index is 11.7. The first-order valence-electron chi connectivity index (χ1n) is 6.08. The van der Waals surface area contributed by atoms with Gasteiger partial charge in [0.05, 0.1) is 16.4 Å². The van der Waals surface area contributed by atoms with E-state index in [1.807, 2.05) is 13.8 Å². The van der Waals surface area contributed by atoms with E-state index in [0.717, 1.165) is 5.75 Å². The smallest absolute Gasteiger partial charge is 0.283 e. The number of carbonyl (C=O) groups is 1. The summed E-state index contributed by atoms with van der Waals surface area (Å²) < 4.78 is 0. The van der Waals surface area contributed by atoms with Crippen LogP contribution in [-0.2, 0) is 0 Å². The maximum Gasteiger partial charge on any atom is 0.283 e. The van der Waals surface area contributed by atoms with Crippen molar-refractivity contribution in [2.75, 3.05) is 12.3 Å². The summed E-state index contributed by atoms with van der Waals surface area (Å²) in [5.74, 6) is 3.08. The largest absolute Gasteiger partial charge is 0.341 e. The van der Waals surface area contributed by atoms with Crippen LogP contribution in [0, 0.1) is 28.4 Å². The topological polar surface area (TPSA) is 72.2 Å². The summed E-state index contributed by atoms with van der Waals surface area (Å²) >= 11 is 1.42. The van der Waals surface area contributed by atoms with Crippen molar-refractivity contribution in [3.05, 3.63) is 33.9 Å². The van der Waals surface area contributed by atoms with Gasteiger partial charge in [0.2, 0.25) is 0 Å². The number of nitrogens with zero attached hydrogens (tertiary/aromatic N) is 1. The van der Waals surface area contributed by atoms with Crippen molar-refractivity contribution < 1.29 is 9.72 Å². The van der Waals surface area contributed by atoms with E-state index in [9.17, 15) is 14.9 Å². The molecule has 1 N–H and O–H groups in total. The molecular weight excluding hydrogens is 276 g/mol. The third-order valence-electron chi connectivity index (χ3n) is 2.34. The van der Waals surface area contributed by atoms with Gasteiger partial charge in [-0.3, -0.25) is 14.9 Å². The molecule has 0 aliphatic carbocycles. The van der Waals surface area contributed by atoms with Crippen LogP contribution in [0.1, 0.15) is 24.2 Å². The van der Waals surface area contributed by atoms with Gasteiger partial charge in [0.15, 0.2) is 0 Å². The second kappa shape index (κ2) is 7.56. The number of terminal acetylenes is 1. The Hall–Kier alpha value is -2.00. The van der Waals surface area contributed by atoms with Crippen LogP contribution in [0.2, 0.25) is 0 Å². The number of nitro groups is 1. The molecule has 0 fully saturated rings. The molecular formula is C14H16N2O3S. The lowest BCUT2D eigenvalue weighted by atomic mass is 10.2. The molecule has 0 spiro atoms. The average Bonchev–Trinajstić information content (AvgIpc) is 2.42. The minimum Gasteiger partial charge on any atom is -0.341 e. The predicted molar refractivity (Wildman–Crippen MR) is 79.8 cm³/mol. The van der Waals surface area contributed by atoms with Gasteiger partial charge in [-0.05, 0) is 18.1 Å². The molecule has 1 rings (SSSR count). The van der Waals surface area contributed by atoms with Crippen LogP contribution in [0.3, 0.4) is 0 Å². The second-order valence-corrected chi connectivity index (χ2v) is 5.59. The summed E-state index contributed by atoms with van der Waals surface area (Å²) in [5.41, 5.74) is 0.185. The Morgan fingerprint density at radius 3 is 2.80 bits per heavy atom. The predicted octanol–water partition coefficient (Wildman–Crippen LogP) is 2.71. The molecule has 1 amide bonds. The number of hydrogen-bond donors (Lipinski definition) is 1. The summed E-state index contributed by atoms with van der Waals surface area (Å²) in [4.78, 5) is 22.9. The highest BCUT2D eigenvalue weighted by molar-refractivity contribution is 7.99. The molecule has 0 heterocycles. The quantitative estimate of drug-likeness (QED) is 0.379. The molecule has 20 heavy (non-hydrogen) atoms. The van der Waals surface area contributed by atoms with E-state index in [0.29, 0.717) is 10.8 Å². The highest BCUT2D eigenvalue weighted by atomic mass is 32.2. The normalized spacial score (nSPS) is 10.1. The van der Waals surface area contributed by atoms with Gasteiger partial charge in [-0.2, -0.15) is 0 Å². The van der Waals surface area contributed by atoms with Crippen molar-refractivity contribution >= 4 is 23.4 Å². The number of nitrogens with one attached hydrogen (secondary N) is 1. The van der Waals surface area contributed by atoms with E-state index >= 15 is 0 Å². The highest BCUT2D eigenvalue weighted by Gasteiger charge is 2.18. The average molecular weight is 292 g/mol. The highest BCUT2D eigenvalue weighted by Crippen LogP contribution is 2.31. The van der Waals surface area contributed by atoms with Gasteiger partial charge in [-0.25, -0.2) is 0 Å². The SMILES string of the molecule is C#CCNC(=O)c1ccc(SCC(C)C)c([N+](=O)[O-])c1. The summed E-state index contributed by atoms with van der Waals surface area (Å²) in [6.45, 7) is 4.18. The standard InChI is InChI=1S/C14H16N2O3S/c1-4-7-15-14(17)11-5-6-13(20-9-10(2)3)12(8-11)16(18)19/h1,5-6,8,10H,7,9H2,2-3H3,(H,15,17). The summed E-state index contributed by atoms with van der Waals surface area (Å²) in [5, 5.41) is 13.6. The Kier molecular flexibility index (Phi) is 6.07. The van der Waals surface area contributed by atoms with Crippen LogP contribution in [0.5, 0.6) is 0 Å². The Balaban J connectivity index is 2.98. The van der Waals surface area contributed by atoms with Crippen LogP contribution < -0.4 is 5.32 Å². The van der Waals surface area contributed by atoms with Crippen molar-refractivity contribution in [3.8, 4) is 12.3 Å². The first kappa shape index (κ1) is 16.1. The fraction of sp³-hybridized carbons (Fsp3) is 0.357. The molecule has 106 valence electrons. The van der Waals surface area contributed by atoms with Crippen molar-refractivity contribution in [3.63, 3.8) is 0 Å². The number of carbonyl (C=O) groups excluding carboxylic acids is 1. The number of amides is 1. The van der Waals surface area contributed by atoms with Gasteiger partial charge in [0, 0.05) is 17.4 Å². The van der Waals surface area contributed by atoms with Crippen LogP contribution in [-0.4, -0.2) is 23.1 Å². The second-order valence-electron chi connectivity index (χ2n) is 4.53. The minimum absolute atomic E-state index is 0.0518. The molecule has 6 heteroatoms. The van der Waals surface area contributed by atoms with E-state index in [4.69, 9.17) is 6.42 Å². The first-order valence-corrected chi connectivity index (χ1v) is 7.07. The fourth-order valence-corrected chi connectivity index (χ4v) is 2.37. The summed E-state index contributed by atoms with van der Waals surface area (Å²) in [7, 11) is 0. The molecule has 0 unspecified atom stereocenters. The molecule has 5 nitrogen and oxygen atoms in total. The van der Waals surface area contributed by atoms with Crippen molar-refractivity contribution in [1.29, 1.82) is 0 Å². The Morgan fingerprint density at radius 1 is 1.55 bits per heavy atom. The van der Waals surface area contributed by atoms with E-state index in [1.165, 1.54) is 17.8 Å². The Morgan fingerprint density at radius 2 is 2.25 bits per heavy atom. The van der Waals surface area contributed by atoms with Gasteiger partial charge in [-0.15, -0.1) is 18.2 Å². The third kappa shape index (κ3) is 4.59. The number of thioether (sulfide) groups is 1. The van der Waals surface area contributed by atoms with Gasteiger partial charge < -0.3 is 5.32 Å². The molecule has 1 aromatic rings. The first-order chi connectivity index (χ1) is 9.45. The molecule has 0 saturated carbocycles. The maximum atomic E-state index is 11.7. The molecule has 0 aliphatic rings. The monoisotopic (exact) mass is 292 g/mol. The zero-order valence-corrected chi connectivity index (χ0v) is 12.2. The van der Waals surface area contributed by atoms with Crippen LogP contribution in [0.25, 0.3) is 0 Å². The van der Waals surface area contributed by atoms with Crippen molar-refractivity contribution in [1.82, 2.24) is 5.32 Å². The summed E-state index contributed by atoms with van der Waals surface area (Å²) in [6, 6.07) is 4.46. The molecule has 0 atom stereocenters. The lowest BCUT2D eigenvalue weighted by Crippen LogP contribution is -2.23. The number of rotatable bonds is 6. The molecule has 0 aromatic heterocycles. The van der Waals surface area contributed by atoms with Crippen LogP contribution >= 0.6 is 11.8 Å². The van der Waals surface area contributed by atoms with Gasteiger partial charge in [0.25, 0.3) is 11.6 Å². The zero-order chi connectivity index (χ0) is 15.1. The van der Waals surface area contributed by atoms with E-state index in [-0.39, 0.29) is 17.8 Å². The fourth-order valence-electron chi connectivity index (χ4n) is 1.41. The van der Waals surface area contributed by atoms with E-state index < -0.39 is 10.8 Å². The zero-order valence-electron chi connectivity index (χ0n) is 11.4. The van der Waals surface area contributed by atoms with Crippen molar-refractivity contribution in [2.45, 2.75) is 18.7 Å². The molecule has 1 aromatic carbocycles. The molecule has 0 saturated heterocycles. The number of hydrogen-bond acceptors (Lipinski definition) is 4. The Labute approximate surface area is 122 Å². The van der Waals surface area contributed by atoms with Gasteiger partial charge in [-0.1, -0.05) is 19.8 Å². The van der Waals surface area contributed by atoms with Crippen LogP contribution in [0.4, 0.5) is 5.69 Å². The van der Waals surface area contributed by atoms with Gasteiger partial charge in [0.1, 0.15) is 0 Å².